The predicted molar refractivity (Wildman–Crippen MR) is 60.6 cm³/mol. The van der Waals surface area contributed by atoms with E-state index in [-0.39, 0.29) is 6.04 Å². The van der Waals surface area contributed by atoms with Gasteiger partial charge in [-0.25, -0.2) is 4.79 Å². The summed E-state index contributed by atoms with van der Waals surface area (Å²) >= 11 is 0. The number of amides is 2. The fourth-order valence-corrected chi connectivity index (χ4v) is 2.19. The van der Waals surface area contributed by atoms with E-state index < -0.39 is 36.6 Å². The quantitative estimate of drug-likeness (QED) is 0.736. The summed E-state index contributed by atoms with van der Waals surface area (Å²) in [7, 11) is 0. The molecule has 0 radical (unpaired) electrons. The molecule has 19 heavy (non-hydrogen) atoms. The lowest BCUT2D eigenvalue weighted by Gasteiger charge is -2.18. The Kier molecular flexibility index (Phi) is 5.02. The maximum absolute atomic E-state index is 12.1. The Bertz CT molecular complexity index is 347. The number of rotatable bonds is 4. The number of hydrogen-bond donors (Lipinski definition) is 3. The molecule has 3 N–H and O–H groups in total. The number of alkyl halides is 3. The summed E-state index contributed by atoms with van der Waals surface area (Å²) in [6, 6.07) is -2.00. The maximum atomic E-state index is 12.1. The lowest BCUT2D eigenvalue weighted by Crippen LogP contribution is -2.45. The minimum atomic E-state index is -4.32. The topological polar surface area (TPSA) is 78.4 Å². The van der Waals surface area contributed by atoms with Gasteiger partial charge in [-0.05, 0) is 26.2 Å². The molecule has 110 valence electrons. The summed E-state index contributed by atoms with van der Waals surface area (Å²) in [5.41, 5.74) is 0. The van der Waals surface area contributed by atoms with E-state index in [1.807, 2.05) is 0 Å². The predicted octanol–water partition coefficient (Wildman–Crippen LogP) is 1.88. The first-order valence-corrected chi connectivity index (χ1v) is 6.04. The highest BCUT2D eigenvalue weighted by Gasteiger charge is 2.32. The summed E-state index contributed by atoms with van der Waals surface area (Å²) in [4.78, 5) is 22.1. The Morgan fingerprint density at radius 1 is 1.37 bits per heavy atom. The third kappa shape index (κ3) is 5.80. The maximum Gasteiger partial charge on any atom is 0.391 e. The van der Waals surface area contributed by atoms with Crippen LogP contribution in [-0.2, 0) is 4.79 Å². The van der Waals surface area contributed by atoms with Crippen LogP contribution in [-0.4, -0.2) is 35.4 Å². The van der Waals surface area contributed by atoms with Crippen molar-refractivity contribution in [1.82, 2.24) is 10.6 Å². The Hall–Kier alpha value is -1.47. The minimum Gasteiger partial charge on any atom is -0.481 e. The zero-order valence-electron chi connectivity index (χ0n) is 10.5. The van der Waals surface area contributed by atoms with Crippen LogP contribution in [0, 0.1) is 5.92 Å². The highest BCUT2D eigenvalue weighted by molar-refractivity contribution is 5.75. The van der Waals surface area contributed by atoms with E-state index in [1.165, 1.54) is 6.92 Å². The number of nitrogens with one attached hydrogen (secondary N) is 2. The fourth-order valence-electron chi connectivity index (χ4n) is 2.19. The van der Waals surface area contributed by atoms with E-state index in [0.717, 1.165) is 0 Å². The van der Waals surface area contributed by atoms with E-state index >= 15 is 0 Å². The number of urea groups is 1. The third-order valence-corrected chi connectivity index (χ3v) is 3.03. The molecule has 0 aromatic rings. The molecule has 3 atom stereocenters. The monoisotopic (exact) mass is 282 g/mol. The van der Waals surface area contributed by atoms with Gasteiger partial charge in [0, 0.05) is 12.1 Å². The molecule has 0 spiro atoms. The van der Waals surface area contributed by atoms with Gasteiger partial charge in [-0.15, -0.1) is 0 Å². The summed E-state index contributed by atoms with van der Waals surface area (Å²) in [5.74, 6) is -1.40. The van der Waals surface area contributed by atoms with Crippen molar-refractivity contribution in [1.29, 1.82) is 0 Å². The summed E-state index contributed by atoms with van der Waals surface area (Å²) < 4.78 is 36.2. The fraction of sp³-hybridized carbons (Fsp3) is 0.818. The largest absolute Gasteiger partial charge is 0.481 e. The van der Waals surface area contributed by atoms with Gasteiger partial charge in [0.15, 0.2) is 0 Å². The molecule has 8 heteroatoms. The van der Waals surface area contributed by atoms with Crippen LogP contribution in [0.25, 0.3) is 0 Å². The Morgan fingerprint density at radius 3 is 2.47 bits per heavy atom. The van der Waals surface area contributed by atoms with E-state index in [9.17, 15) is 22.8 Å². The first-order chi connectivity index (χ1) is 8.67. The first kappa shape index (κ1) is 15.6. The smallest absolute Gasteiger partial charge is 0.391 e. The summed E-state index contributed by atoms with van der Waals surface area (Å²) in [6.07, 6.45) is -4.11. The van der Waals surface area contributed by atoms with Gasteiger partial charge >= 0.3 is 18.2 Å². The molecule has 1 aliphatic rings. The molecule has 1 saturated carbocycles. The second-order valence-electron chi connectivity index (χ2n) is 4.88. The van der Waals surface area contributed by atoms with Gasteiger partial charge in [-0.2, -0.15) is 13.2 Å². The van der Waals surface area contributed by atoms with Crippen LogP contribution in [0.4, 0.5) is 18.0 Å². The van der Waals surface area contributed by atoms with Gasteiger partial charge in [-0.3, -0.25) is 4.79 Å². The molecule has 1 aliphatic carbocycles. The van der Waals surface area contributed by atoms with E-state index in [4.69, 9.17) is 5.11 Å². The zero-order valence-corrected chi connectivity index (χ0v) is 10.5. The van der Waals surface area contributed by atoms with Crippen LogP contribution < -0.4 is 10.6 Å². The van der Waals surface area contributed by atoms with Crippen molar-refractivity contribution in [2.24, 2.45) is 5.92 Å². The molecule has 0 bridgehead atoms. The van der Waals surface area contributed by atoms with Crippen molar-refractivity contribution in [3.63, 3.8) is 0 Å². The third-order valence-electron chi connectivity index (χ3n) is 3.03. The van der Waals surface area contributed by atoms with Crippen molar-refractivity contribution in [2.75, 3.05) is 0 Å². The zero-order chi connectivity index (χ0) is 14.6. The van der Waals surface area contributed by atoms with Crippen LogP contribution in [0.15, 0.2) is 0 Å². The normalized spacial score (nSPS) is 24.8. The van der Waals surface area contributed by atoms with E-state index in [0.29, 0.717) is 19.3 Å². The molecule has 1 fully saturated rings. The molecule has 0 aromatic carbocycles. The summed E-state index contributed by atoms with van der Waals surface area (Å²) in [5, 5.41) is 13.5. The van der Waals surface area contributed by atoms with Crippen molar-refractivity contribution in [3.05, 3.63) is 0 Å². The molecule has 0 aromatic heterocycles. The van der Waals surface area contributed by atoms with Crippen LogP contribution in [0.2, 0.25) is 0 Å². The molecule has 5 nitrogen and oxygen atoms in total. The molecule has 0 saturated heterocycles. The van der Waals surface area contributed by atoms with Gasteiger partial charge < -0.3 is 15.7 Å². The number of carbonyl (C=O) groups excluding carboxylic acids is 1. The lowest BCUT2D eigenvalue weighted by atomic mass is 10.1. The minimum absolute atomic E-state index is 0.292. The van der Waals surface area contributed by atoms with E-state index in [1.54, 1.807) is 0 Å². The molecule has 0 heterocycles. The van der Waals surface area contributed by atoms with Gasteiger partial charge in [0.25, 0.3) is 0 Å². The molecular weight excluding hydrogens is 265 g/mol. The van der Waals surface area contributed by atoms with Crippen molar-refractivity contribution >= 4 is 12.0 Å². The Labute approximate surface area is 108 Å². The van der Waals surface area contributed by atoms with E-state index in [2.05, 4.69) is 10.6 Å². The summed E-state index contributed by atoms with van der Waals surface area (Å²) in [6.45, 7) is 1.27. The van der Waals surface area contributed by atoms with Gasteiger partial charge in [0.1, 0.15) is 0 Å². The van der Waals surface area contributed by atoms with Crippen LogP contribution in [0.5, 0.6) is 0 Å². The molecule has 2 amide bonds. The van der Waals surface area contributed by atoms with Gasteiger partial charge in [-0.1, -0.05) is 0 Å². The first-order valence-electron chi connectivity index (χ1n) is 6.04. The van der Waals surface area contributed by atoms with Gasteiger partial charge in [0.05, 0.1) is 12.3 Å². The van der Waals surface area contributed by atoms with Crippen molar-refractivity contribution < 1.29 is 27.9 Å². The number of aliphatic carboxylic acids is 1. The molecule has 1 rings (SSSR count). The second kappa shape index (κ2) is 6.12. The van der Waals surface area contributed by atoms with Gasteiger partial charge in [0.2, 0.25) is 0 Å². The molecular formula is C11H17F3N2O3. The Balaban J connectivity index is 2.30. The van der Waals surface area contributed by atoms with Crippen LogP contribution in [0.3, 0.4) is 0 Å². The van der Waals surface area contributed by atoms with Crippen molar-refractivity contribution in [3.8, 4) is 0 Å². The highest BCUT2D eigenvalue weighted by Crippen LogP contribution is 2.25. The molecule has 0 aliphatic heterocycles. The molecule has 1 unspecified atom stereocenters. The highest BCUT2D eigenvalue weighted by atomic mass is 19.4. The number of carboxylic acids is 1. The SMILES string of the molecule is CC(CC(F)(F)F)NC(=O)N[C@H]1CC[C@@H](C(=O)O)C1. The van der Waals surface area contributed by atoms with Crippen molar-refractivity contribution in [2.45, 2.75) is 50.9 Å². The second-order valence-corrected chi connectivity index (χ2v) is 4.88. The lowest BCUT2D eigenvalue weighted by molar-refractivity contribution is -0.141. The Morgan fingerprint density at radius 2 is 2.00 bits per heavy atom. The number of carbonyl (C=O) groups is 2. The number of carboxylic acid groups (broad SMARTS) is 1. The average Bonchev–Trinajstić information content (AvgIpc) is 2.62. The number of hydrogen-bond acceptors (Lipinski definition) is 2. The van der Waals surface area contributed by atoms with Crippen LogP contribution in [0.1, 0.15) is 32.6 Å². The number of halogens is 3. The average molecular weight is 282 g/mol. The standard InChI is InChI=1S/C11H17F3N2O3/c1-6(5-11(12,13)14)15-10(19)16-8-3-2-7(4-8)9(17)18/h6-8H,2-5H2,1H3,(H,17,18)(H2,15,16,19)/t6?,7-,8+/m1/s1. The van der Waals surface area contributed by atoms with Crippen LogP contribution >= 0.6 is 0 Å².